The molecule has 0 bridgehead atoms. The monoisotopic (exact) mass is 195 g/mol. The molecule has 3 heteroatoms. The zero-order valence-electron chi connectivity index (χ0n) is 9.45. The summed E-state index contributed by atoms with van der Waals surface area (Å²) in [4.78, 5) is 0. The molecule has 0 saturated carbocycles. The van der Waals surface area contributed by atoms with Crippen LogP contribution in [0.25, 0.3) is 0 Å². The standard InChI is InChI=1S/C11H21N3/c1-4-7-12-9-11-6-8-13-14(11)10(3)5-2/h6,8,10,12H,4-5,7,9H2,1-3H3. The summed E-state index contributed by atoms with van der Waals surface area (Å²) in [6, 6.07) is 2.60. The Bertz CT molecular complexity index is 255. The van der Waals surface area contributed by atoms with Crippen molar-refractivity contribution in [2.75, 3.05) is 6.54 Å². The second-order valence-corrected chi connectivity index (χ2v) is 3.70. The molecule has 0 aliphatic heterocycles. The Hall–Kier alpha value is -0.830. The summed E-state index contributed by atoms with van der Waals surface area (Å²) in [6.07, 6.45) is 4.19. The molecule has 1 rings (SSSR count). The van der Waals surface area contributed by atoms with E-state index in [0.717, 1.165) is 19.5 Å². The molecule has 0 spiro atoms. The first-order chi connectivity index (χ1) is 6.79. The van der Waals surface area contributed by atoms with Crippen LogP contribution in [0.1, 0.15) is 45.3 Å². The van der Waals surface area contributed by atoms with E-state index in [1.54, 1.807) is 0 Å². The molecule has 0 aliphatic carbocycles. The molecule has 1 N–H and O–H groups in total. The predicted molar refractivity (Wildman–Crippen MR) is 59.2 cm³/mol. The van der Waals surface area contributed by atoms with Gasteiger partial charge in [0.1, 0.15) is 0 Å². The molecule has 0 amide bonds. The zero-order chi connectivity index (χ0) is 10.4. The van der Waals surface area contributed by atoms with E-state index in [1.807, 2.05) is 6.20 Å². The largest absolute Gasteiger partial charge is 0.311 e. The van der Waals surface area contributed by atoms with Gasteiger partial charge in [0.15, 0.2) is 0 Å². The molecule has 0 saturated heterocycles. The Kier molecular flexibility index (Phi) is 4.66. The molecule has 0 radical (unpaired) electrons. The number of aromatic nitrogens is 2. The minimum atomic E-state index is 0.503. The highest BCUT2D eigenvalue weighted by Gasteiger charge is 2.06. The molecule has 3 nitrogen and oxygen atoms in total. The average Bonchev–Trinajstić information content (AvgIpc) is 2.65. The summed E-state index contributed by atoms with van der Waals surface area (Å²) in [7, 11) is 0. The fraction of sp³-hybridized carbons (Fsp3) is 0.727. The van der Waals surface area contributed by atoms with E-state index in [2.05, 4.69) is 41.9 Å². The third-order valence-corrected chi connectivity index (χ3v) is 2.49. The molecular formula is C11H21N3. The van der Waals surface area contributed by atoms with Gasteiger partial charge in [0.2, 0.25) is 0 Å². The minimum Gasteiger partial charge on any atom is -0.311 e. The number of rotatable bonds is 6. The van der Waals surface area contributed by atoms with Crippen LogP contribution in [0.4, 0.5) is 0 Å². The van der Waals surface area contributed by atoms with Crippen molar-refractivity contribution in [2.45, 2.75) is 46.2 Å². The van der Waals surface area contributed by atoms with Crippen LogP contribution in [0, 0.1) is 0 Å². The fourth-order valence-corrected chi connectivity index (χ4v) is 1.44. The van der Waals surface area contributed by atoms with Gasteiger partial charge in [0.25, 0.3) is 0 Å². The van der Waals surface area contributed by atoms with Crippen molar-refractivity contribution >= 4 is 0 Å². The van der Waals surface area contributed by atoms with Crippen molar-refractivity contribution in [1.82, 2.24) is 15.1 Å². The van der Waals surface area contributed by atoms with Gasteiger partial charge < -0.3 is 5.32 Å². The van der Waals surface area contributed by atoms with Crippen molar-refractivity contribution < 1.29 is 0 Å². The van der Waals surface area contributed by atoms with E-state index in [1.165, 1.54) is 12.1 Å². The summed E-state index contributed by atoms with van der Waals surface area (Å²) in [5.41, 5.74) is 1.28. The van der Waals surface area contributed by atoms with E-state index in [0.29, 0.717) is 6.04 Å². The number of nitrogens with zero attached hydrogens (tertiary/aromatic N) is 2. The third kappa shape index (κ3) is 2.84. The molecule has 1 aromatic heterocycles. The van der Waals surface area contributed by atoms with E-state index >= 15 is 0 Å². The Labute approximate surface area is 86.5 Å². The van der Waals surface area contributed by atoms with E-state index in [4.69, 9.17) is 0 Å². The molecule has 1 unspecified atom stereocenters. The maximum atomic E-state index is 4.34. The summed E-state index contributed by atoms with van der Waals surface area (Å²) in [5, 5.41) is 7.74. The van der Waals surface area contributed by atoms with Gasteiger partial charge in [0, 0.05) is 18.8 Å². The number of nitrogens with one attached hydrogen (secondary N) is 1. The van der Waals surface area contributed by atoms with Crippen molar-refractivity contribution in [3.63, 3.8) is 0 Å². The molecule has 14 heavy (non-hydrogen) atoms. The van der Waals surface area contributed by atoms with Crippen LogP contribution in [-0.4, -0.2) is 16.3 Å². The van der Waals surface area contributed by atoms with Crippen LogP contribution in [0.3, 0.4) is 0 Å². The first-order valence-electron chi connectivity index (χ1n) is 5.52. The molecule has 1 heterocycles. The molecule has 1 aromatic rings. The normalized spacial score (nSPS) is 13.1. The molecular weight excluding hydrogens is 174 g/mol. The SMILES string of the molecule is CCCNCc1ccnn1C(C)CC. The van der Waals surface area contributed by atoms with Gasteiger partial charge in [-0.05, 0) is 32.4 Å². The summed E-state index contributed by atoms with van der Waals surface area (Å²) in [5.74, 6) is 0. The second-order valence-electron chi connectivity index (χ2n) is 3.70. The minimum absolute atomic E-state index is 0.503. The van der Waals surface area contributed by atoms with E-state index in [9.17, 15) is 0 Å². The quantitative estimate of drug-likeness (QED) is 0.706. The lowest BCUT2D eigenvalue weighted by molar-refractivity contribution is 0.452. The number of hydrogen-bond donors (Lipinski definition) is 1. The van der Waals surface area contributed by atoms with Crippen LogP contribution in [-0.2, 0) is 6.54 Å². The van der Waals surface area contributed by atoms with E-state index in [-0.39, 0.29) is 0 Å². The van der Waals surface area contributed by atoms with Gasteiger partial charge >= 0.3 is 0 Å². The summed E-state index contributed by atoms with van der Waals surface area (Å²) in [6.45, 7) is 8.58. The van der Waals surface area contributed by atoms with Crippen LogP contribution >= 0.6 is 0 Å². The maximum Gasteiger partial charge on any atom is 0.0525 e. The zero-order valence-corrected chi connectivity index (χ0v) is 9.45. The summed E-state index contributed by atoms with van der Waals surface area (Å²) >= 11 is 0. The fourth-order valence-electron chi connectivity index (χ4n) is 1.44. The topological polar surface area (TPSA) is 29.9 Å². The molecule has 80 valence electrons. The van der Waals surface area contributed by atoms with Gasteiger partial charge in [-0.2, -0.15) is 5.10 Å². The van der Waals surface area contributed by atoms with Gasteiger partial charge in [-0.1, -0.05) is 13.8 Å². The van der Waals surface area contributed by atoms with Crippen LogP contribution in [0.5, 0.6) is 0 Å². The average molecular weight is 195 g/mol. The number of hydrogen-bond acceptors (Lipinski definition) is 2. The molecule has 1 atom stereocenters. The van der Waals surface area contributed by atoms with Gasteiger partial charge in [0.05, 0.1) is 5.69 Å². The van der Waals surface area contributed by atoms with E-state index < -0.39 is 0 Å². The van der Waals surface area contributed by atoms with Gasteiger partial charge in [-0.25, -0.2) is 0 Å². The van der Waals surface area contributed by atoms with Gasteiger partial charge in [-0.15, -0.1) is 0 Å². The Morgan fingerprint density at radius 2 is 2.29 bits per heavy atom. The van der Waals surface area contributed by atoms with Crippen molar-refractivity contribution in [2.24, 2.45) is 0 Å². The maximum absolute atomic E-state index is 4.34. The van der Waals surface area contributed by atoms with Crippen LogP contribution in [0.2, 0.25) is 0 Å². The third-order valence-electron chi connectivity index (χ3n) is 2.49. The smallest absolute Gasteiger partial charge is 0.0525 e. The first-order valence-corrected chi connectivity index (χ1v) is 5.52. The predicted octanol–water partition coefficient (Wildman–Crippen LogP) is 2.35. The highest BCUT2D eigenvalue weighted by Crippen LogP contribution is 2.11. The highest BCUT2D eigenvalue weighted by atomic mass is 15.3. The first kappa shape index (κ1) is 11.2. The van der Waals surface area contributed by atoms with Crippen molar-refractivity contribution in [3.8, 4) is 0 Å². The van der Waals surface area contributed by atoms with Gasteiger partial charge in [-0.3, -0.25) is 4.68 Å². The molecule has 0 aromatic carbocycles. The van der Waals surface area contributed by atoms with Crippen LogP contribution < -0.4 is 5.32 Å². The molecule has 0 fully saturated rings. The Balaban J connectivity index is 2.53. The lowest BCUT2D eigenvalue weighted by atomic mass is 10.2. The highest BCUT2D eigenvalue weighted by molar-refractivity contribution is 5.01. The van der Waals surface area contributed by atoms with Crippen molar-refractivity contribution in [1.29, 1.82) is 0 Å². The lowest BCUT2D eigenvalue weighted by Crippen LogP contribution is -2.18. The summed E-state index contributed by atoms with van der Waals surface area (Å²) < 4.78 is 2.11. The van der Waals surface area contributed by atoms with Crippen LogP contribution in [0.15, 0.2) is 12.3 Å². The molecule has 0 aliphatic rings. The Morgan fingerprint density at radius 1 is 1.50 bits per heavy atom. The Morgan fingerprint density at radius 3 is 2.93 bits per heavy atom. The van der Waals surface area contributed by atoms with Crippen molar-refractivity contribution in [3.05, 3.63) is 18.0 Å². The lowest BCUT2D eigenvalue weighted by Gasteiger charge is -2.13. The second kappa shape index (κ2) is 5.81.